The first kappa shape index (κ1) is 10.9. The molecule has 1 rings (SSSR count). The van der Waals surface area contributed by atoms with E-state index in [1.165, 1.54) is 0 Å². The number of alkyl halides is 3. The van der Waals surface area contributed by atoms with Crippen molar-refractivity contribution in [1.29, 1.82) is 0 Å². The summed E-state index contributed by atoms with van der Waals surface area (Å²) in [6, 6.07) is 0. The third kappa shape index (κ3) is 2.41. The first-order valence-electron chi connectivity index (χ1n) is 3.30. The van der Waals surface area contributed by atoms with E-state index in [0.29, 0.717) is 12.4 Å². The van der Waals surface area contributed by atoms with E-state index in [4.69, 9.17) is 0 Å². The van der Waals surface area contributed by atoms with Crippen LogP contribution in [0, 0.1) is 0 Å². The number of hydrogen-bond acceptors (Lipinski definition) is 4. The van der Waals surface area contributed by atoms with Crippen LogP contribution in [-0.2, 0) is 16.0 Å². The van der Waals surface area contributed by atoms with E-state index in [2.05, 4.69) is 9.97 Å². The Hall–Kier alpha value is -1.18. The van der Waals surface area contributed by atoms with Crippen LogP contribution in [0.15, 0.2) is 17.3 Å². The molecule has 0 aliphatic rings. The van der Waals surface area contributed by atoms with Crippen LogP contribution in [0.4, 0.5) is 13.2 Å². The maximum Gasteiger partial charge on any atom is 0.451 e. The van der Waals surface area contributed by atoms with Gasteiger partial charge in [0.05, 0.1) is 0 Å². The van der Waals surface area contributed by atoms with Gasteiger partial charge in [-0.2, -0.15) is 13.2 Å². The molecule has 1 heterocycles. The van der Waals surface area contributed by atoms with Crippen molar-refractivity contribution in [3.05, 3.63) is 18.2 Å². The second-order valence-electron chi connectivity index (χ2n) is 2.51. The summed E-state index contributed by atoms with van der Waals surface area (Å²) in [7, 11) is -3.56. The normalized spacial score (nSPS) is 12.9. The molecule has 14 heavy (non-hydrogen) atoms. The Morgan fingerprint density at radius 1 is 1.21 bits per heavy atom. The Balaban J connectivity index is 3.14. The van der Waals surface area contributed by atoms with Crippen LogP contribution < -0.4 is 0 Å². The summed E-state index contributed by atoms with van der Waals surface area (Å²) in [5, 5.41) is 0. The van der Waals surface area contributed by atoms with Crippen molar-refractivity contribution in [2.24, 2.45) is 0 Å². The van der Waals surface area contributed by atoms with E-state index in [0.717, 1.165) is 6.26 Å². The lowest BCUT2D eigenvalue weighted by molar-refractivity contribution is -0.145. The zero-order valence-corrected chi connectivity index (χ0v) is 7.72. The Bertz CT molecular complexity index is 423. The molecular formula is C6H5F3N2O2S. The Morgan fingerprint density at radius 2 is 1.64 bits per heavy atom. The summed E-state index contributed by atoms with van der Waals surface area (Å²) in [5.41, 5.74) is 0. The molecule has 0 saturated heterocycles. The van der Waals surface area contributed by atoms with Crippen LogP contribution in [0.2, 0.25) is 0 Å². The average molecular weight is 226 g/mol. The van der Waals surface area contributed by atoms with Crippen molar-refractivity contribution in [2.75, 3.05) is 6.26 Å². The third-order valence-electron chi connectivity index (χ3n) is 1.31. The van der Waals surface area contributed by atoms with Gasteiger partial charge >= 0.3 is 6.18 Å². The first-order chi connectivity index (χ1) is 6.21. The summed E-state index contributed by atoms with van der Waals surface area (Å²) < 4.78 is 57.5. The summed E-state index contributed by atoms with van der Waals surface area (Å²) in [6.07, 6.45) is -2.54. The summed E-state index contributed by atoms with van der Waals surface area (Å²) >= 11 is 0. The Labute approximate surface area is 77.7 Å². The van der Waals surface area contributed by atoms with Gasteiger partial charge in [-0.1, -0.05) is 0 Å². The molecule has 1 aromatic rings. The molecule has 1 aromatic heterocycles. The van der Waals surface area contributed by atoms with Crippen LogP contribution in [-0.4, -0.2) is 24.6 Å². The second kappa shape index (κ2) is 3.19. The molecule has 0 radical (unpaired) electrons. The van der Waals surface area contributed by atoms with Gasteiger partial charge < -0.3 is 0 Å². The van der Waals surface area contributed by atoms with Gasteiger partial charge in [-0.05, 0) is 0 Å². The standard InChI is InChI=1S/C6H5F3N2O2S/c1-14(12,13)4-2-10-5(11-3-4)6(7,8)9/h2-3H,1H3. The summed E-state index contributed by atoms with van der Waals surface area (Å²) in [5.74, 6) is -1.36. The highest BCUT2D eigenvalue weighted by Crippen LogP contribution is 2.25. The van der Waals surface area contributed by atoms with E-state index in [1.54, 1.807) is 0 Å². The number of sulfone groups is 1. The number of aromatic nitrogens is 2. The van der Waals surface area contributed by atoms with Gasteiger partial charge in [0.15, 0.2) is 9.84 Å². The highest BCUT2D eigenvalue weighted by molar-refractivity contribution is 7.90. The molecular weight excluding hydrogens is 221 g/mol. The minimum absolute atomic E-state index is 0.342. The van der Waals surface area contributed by atoms with E-state index in [-0.39, 0.29) is 4.90 Å². The highest BCUT2D eigenvalue weighted by atomic mass is 32.2. The van der Waals surface area contributed by atoms with Gasteiger partial charge in [0.1, 0.15) is 4.90 Å². The molecule has 0 amide bonds. The fraction of sp³-hybridized carbons (Fsp3) is 0.333. The largest absolute Gasteiger partial charge is 0.451 e. The molecule has 0 unspecified atom stereocenters. The number of halogens is 3. The number of nitrogens with zero attached hydrogens (tertiary/aromatic N) is 2. The van der Waals surface area contributed by atoms with Crippen LogP contribution in [0.1, 0.15) is 5.82 Å². The molecule has 0 N–H and O–H groups in total. The summed E-state index contributed by atoms with van der Waals surface area (Å²) in [6.45, 7) is 0. The third-order valence-corrected chi connectivity index (χ3v) is 2.38. The minimum Gasteiger partial charge on any atom is -0.232 e. The van der Waals surface area contributed by atoms with E-state index >= 15 is 0 Å². The maximum atomic E-state index is 11.9. The topological polar surface area (TPSA) is 59.9 Å². The van der Waals surface area contributed by atoms with Gasteiger partial charge in [0.25, 0.3) is 0 Å². The lowest BCUT2D eigenvalue weighted by Gasteiger charge is -2.03. The van der Waals surface area contributed by atoms with Crippen LogP contribution in [0.25, 0.3) is 0 Å². The number of hydrogen-bond donors (Lipinski definition) is 0. The van der Waals surface area contributed by atoms with Crippen molar-refractivity contribution in [3.63, 3.8) is 0 Å². The fourth-order valence-corrected chi connectivity index (χ4v) is 1.14. The predicted octanol–water partition coefficient (Wildman–Crippen LogP) is 0.899. The Morgan fingerprint density at radius 3 is 1.93 bits per heavy atom. The first-order valence-corrected chi connectivity index (χ1v) is 5.20. The molecule has 0 aliphatic heterocycles. The summed E-state index contributed by atoms with van der Waals surface area (Å²) in [4.78, 5) is 5.46. The van der Waals surface area contributed by atoms with Crippen molar-refractivity contribution in [1.82, 2.24) is 9.97 Å². The monoisotopic (exact) mass is 226 g/mol. The molecule has 0 aliphatic carbocycles. The van der Waals surface area contributed by atoms with E-state index in [1.807, 2.05) is 0 Å². The smallest absolute Gasteiger partial charge is 0.232 e. The SMILES string of the molecule is CS(=O)(=O)c1cnc(C(F)(F)F)nc1. The van der Waals surface area contributed by atoms with Gasteiger partial charge in [0.2, 0.25) is 5.82 Å². The van der Waals surface area contributed by atoms with Crippen LogP contribution >= 0.6 is 0 Å². The molecule has 0 aromatic carbocycles. The molecule has 4 nitrogen and oxygen atoms in total. The minimum atomic E-state index is -4.66. The van der Waals surface area contributed by atoms with Gasteiger partial charge in [0, 0.05) is 18.6 Å². The average Bonchev–Trinajstić information content (AvgIpc) is 2.01. The predicted molar refractivity (Wildman–Crippen MR) is 40.1 cm³/mol. The Kier molecular flexibility index (Phi) is 2.49. The van der Waals surface area contributed by atoms with E-state index in [9.17, 15) is 21.6 Å². The molecule has 0 spiro atoms. The zero-order chi connectivity index (χ0) is 11.0. The van der Waals surface area contributed by atoms with Crippen LogP contribution in [0.3, 0.4) is 0 Å². The van der Waals surface area contributed by atoms with Crippen molar-refractivity contribution in [3.8, 4) is 0 Å². The molecule has 0 saturated carbocycles. The van der Waals surface area contributed by atoms with Crippen LogP contribution in [0.5, 0.6) is 0 Å². The lowest BCUT2D eigenvalue weighted by Crippen LogP contribution is -2.11. The fourth-order valence-electron chi connectivity index (χ4n) is 0.654. The zero-order valence-electron chi connectivity index (χ0n) is 6.91. The lowest BCUT2D eigenvalue weighted by atomic mass is 10.5. The molecule has 0 atom stereocenters. The van der Waals surface area contributed by atoms with Gasteiger partial charge in [-0.25, -0.2) is 18.4 Å². The van der Waals surface area contributed by atoms with Gasteiger partial charge in [-0.15, -0.1) is 0 Å². The highest BCUT2D eigenvalue weighted by Gasteiger charge is 2.34. The molecule has 78 valence electrons. The van der Waals surface area contributed by atoms with Crippen molar-refractivity contribution < 1.29 is 21.6 Å². The number of rotatable bonds is 1. The van der Waals surface area contributed by atoms with Crippen molar-refractivity contribution >= 4 is 9.84 Å². The van der Waals surface area contributed by atoms with Gasteiger partial charge in [-0.3, -0.25) is 0 Å². The molecule has 0 fully saturated rings. The van der Waals surface area contributed by atoms with Crippen molar-refractivity contribution in [2.45, 2.75) is 11.1 Å². The maximum absolute atomic E-state index is 11.9. The quantitative estimate of drug-likeness (QED) is 0.713. The molecule has 0 bridgehead atoms. The molecule has 8 heteroatoms. The second-order valence-corrected chi connectivity index (χ2v) is 4.53. The van der Waals surface area contributed by atoms with E-state index < -0.39 is 21.8 Å².